The maximum absolute atomic E-state index is 13.5. The number of benzene rings is 1. The molecule has 0 aliphatic heterocycles. The van der Waals surface area contributed by atoms with Crippen LogP contribution >= 0.6 is 27.5 Å². The van der Waals surface area contributed by atoms with Crippen LogP contribution in [0.2, 0.25) is 5.28 Å². The van der Waals surface area contributed by atoms with Gasteiger partial charge in [0.25, 0.3) is 0 Å². The number of rotatable bonds is 3. The molecule has 0 unspecified atom stereocenters. The fraction of sp³-hybridized carbons (Fsp3) is 0.100. The summed E-state index contributed by atoms with van der Waals surface area (Å²) < 4.78 is 36.7. The minimum Gasteiger partial charge on any atom is -0.467 e. The second-order valence-electron chi connectivity index (χ2n) is 3.18. The maximum atomic E-state index is 13.5. The van der Waals surface area contributed by atoms with Gasteiger partial charge in [0.15, 0.2) is 11.6 Å². The fourth-order valence-electron chi connectivity index (χ4n) is 1.16. The van der Waals surface area contributed by atoms with Crippen LogP contribution in [0.15, 0.2) is 16.6 Å². The first-order valence-corrected chi connectivity index (χ1v) is 5.94. The van der Waals surface area contributed by atoms with Gasteiger partial charge in [-0.25, -0.2) is 4.39 Å². The SMILES string of the molecule is COc1nc(Cl)nc(Oc2cc(Br)cc(F)c2F)n1. The number of methoxy groups -OCH3 is 1. The van der Waals surface area contributed by atoms with E-state index in [1.807, 2.05) is 0 Å². The third-order valence-electron chi connectivity index (χ3n) is 1.91. The predicted octanol–water partition coefficient (Wildman–Crippen LogP) is 3.37. The van der Waals surface area contributed by atoms with Crippen molar-refractivity contribution in [2.24, 2.45) is 0 Å². The molecule has 1 aromatic heterocycles. The minimum absolute atomic E-state index is 0.106. The fourth-order valence-corrected chi connectivity index (χ4v) is 1.71. The number of ether oxygens (including phenoxy) is 2. The van der Waals surface area contributed by atoms with Crippen LogP contribution in [-0.4, -0.2) is 22.1 Å². The van der Waals surface area contributed by atoms with Crippen molar-refractivity contribution < 1.29 is 18.3 Å². The van der Waals surface area contributed by atoms with Crippen molar-refractivity contribution >= 4 is 27.5 Å². The van der Waals surface area contributed by atoms with E-state index >= 15 is 0 Å². The zero-order valence-electron chi connectivity index (χ0n) is 9.32. The zero-order chi connectivity index (χ0) is 14.0. The van der Waals surface area contributed by atoms with Crippen LogP contribution in [0.25, 0.3) is 0 Å². The van der Waals surface area contributed by atoms with E-state index in [-0.39, 0.29) is 17.3 Å². The molecule has 0 spiro atoms. The molecule has 0 radical (unpaired) electrons. The lowest BCUT2D eigenvalue weighted by atomic mass is 10.3. The average molecular weight is 353 g/mol. The molecule has 100 valence electrons. The Morgan fingerprint density at radius 1 is 1.16 bits per heavy atom. The van der Waals surface area contributed by atoms with Crippen LogP contribution in [0.5, 0.6) is 17.8 Å². The Balaban J connectivity index is 2.38. The number of halogens is 4. The van der Waals surface area contributed by atoms with Crippen LogP contribution in [0.3, 0.4) is 0 Å². The highest BCUT2D eigenvalue weighted by atomic mass is 79.9. The highest BCUT2D eigenvalue weighted by Gasteiger charge is 2.15. The van der Waals surface area contributed by atoms with Crippen LogP contribution < -0.4 is 9.47 Å². The van der Waals surface area contributed by atoms with Crippen molar-refractivity contribution in [3.05, 3.63) is 33.5 Å². The lowest BCUT2D eigenvalue weighted by Crippen LogP contribution is -2.00. The lowest BCUT2D eigenvalue weighted by Gasteiger charge is -2.07. The second-order valence-corrected chi connectivity index (χ2v) is 4.43. The number of hydrogen-bond acceptors (Lipinski definition) is 5. The molecule has 0 aliphatic rings. The van der Waals surface area contributed by atoms with E-state index in [1.54, 1.807) is 0 Å². The smallest absolute Gasteiger partial charge is 0.329 e. The quantitative estimate of drug-likeness (QED) is 0.793. The highest BCUT2D eigenvalue weighted by Crippen LogP contribution is 2.28. The molecule has 19 heavy (non-hydrogen) atoms. The van der Waals surface area contributed by atoms with E-state index in [1.165, 1.54) is 13.2 Å². The van der Waals surface area contributed by atoms with E-state index < -0.39 is 17.4 Å². The van der Waals surface area contributed by atoms with Crippen LogP contribution in [0.4, 0.5) is 8.78 Å². The third-order valence-corrected chi connectivity index (χ3v) is 2.54. The molecule has 9 heteroatoms. The van der Waals surface area contributed by atoms with Crippen LogP contribution in [0.1, 0.15) is 0 Å². The Hall–Kier alpha value is -1.54. The summed E-state index contributed by atoms with van der Waals surface area (Å²) in [5, 5.41) is -0.197. The largest absolute Gasteiger partial charge is 0.467 e. The van der Waals surface area contributed by atoms with Gasteiger partial charge >= 0.3 is 12.0 Å². The van der Waals surface area contributed by atoms with Crippen molar-refractivity contribution in [3.8, 4) is 17.8 Å². The first-order chi connectivity index (χ1) is 8.99. The van der Waals surface area contributed by atoms with E-state index in [4.69, 9.17) is 21.1 Å². The lowest BCUT2D eigenvalue weighted by molar-refractivity contribution is 0.350. The summed E-state index contributed by atoms with van der Waals surface area (Å²) >= 11 is 8.61. The second kappa shape index (κ2) is 5.62. The maximum Gasteiger partial charge on any atom is 0.329 e. The van der Waals surface area contributed by atoms with Gasteiger partial charge in [-0.1, -0.05) is 15.9 Å². The van der Waals surface area contributed by atoms with Crippen LogP contribution in [-0.2, 0) is 0 Å². The van der Waals surface area contributed by atoms with Gasteiger partial charge in [-0.15, -0.1) is 4.98 Å². The average Bonchev–Trinajstić information content (AvgIpc) is 2.34. The standard InChI is InChI=1S/C10H5BrClF2N3O2/c1-18-9-15-8(12)16-10(17-9)19-6-3-4(11)2-5(13)7(6)14/h2-3H,1H3. The van der Waals surface area contributed by atoms with Crippen molar-refractivity contribution in [3.63, 3.8) is 0 Å². The monoisotopic (exact) mass is 351 g/mol. The molecular weight excluding hydrogens is 347 g/mol. The molecule has 0 amide bonds. The Morgan fingerprint density at radius 3 is 2.53 bits per heavy atom. The molecule has 5 nitrogen and oxygen atoms in total. The summed E-state index contributed by atoms with van der Waals surface area (Å²) in [5.74, 6) is -2.63. The first kappa shape index (κ1) is 13.9. The molecule has 1 heterocycles. The summed E-state index contributed by atoms with van der Waals surface area (Å²) in [5.41, 5.74) is 0. The first-order valence-electron chi connectivity index (χ1n) is 4.77. The van der Waals surface area contributed by atoms with Crippen molar-refractivity contribution in [1.29, 1.82) is 0 Å². The molecule has 2 rings (SSSR count). The third kappa shape index (κ3) is 3.27. The normalized spacial score (nSPS) is 10.4. The molecule has 0 atom stereocenters. The number of hydrogen-bond donors (Lipinski definition) is 0. The van der Waals surface area contributed by atoms with E-state index in [0.717, 1.165) is 6.07 Å². The number of nitrogens with zero attached hydrogens (tertiary/aromatic N) is 3. The van der Waals surface area contributed by atoms with Gasteiger partial charge in [-0.2, -0.15) is 14.4 Å². The summed E-state index contributed by atoms with van der Waals surface area (Å²) in [6, 6.07) is 1.77. The van der Waals surface area contributed by atoms with Crippen molar-refractivity contribution in [1.82, 2.24) is 15.0 Å². The topological polar surface area (TPSA) is 57.1 Å². The molecule has 0 aliphatic carbocycles. The molecule has 0 bridgehead atoms. The van der Waals surface area contributed by atoms with Gasteiger partial charge in [-0.3, -0.25) is 0 Å². The Morgan fingerprint density at radius 2 is 1.84 bits per heavy atom. The van der Waals surface area contributed by atoms with Gasteiger partial charge in [-0.05, 0) is 23.7 Å². The molecule has 0 fully saturated rings. The van der Waals surface area contributed by atoms with Gasteiger partial charge < -0.3 is 9.47 Å². The molecule has 1 aromatic carbocycles. The minimum atomic E-state index is -1.17. The van der Waals surface area contributed by atoms with E-state index in [9.17, 15) is 8.78 Å². The summed E-state index contributed by atoms with van der Waals surface area (Å²) in [6.45, 7) is 0. The Bertz CT molecular complexity index is 630. The molecule has 2 aromatic rings. The summed E-state index contributed by atoms with van der Waals surface area (Å²) in [6.07, 6.45) is 0. The van der Waals surface area contributed by atoms with Crippen molar-refractivity contribution in [2.75, 3.05) is 7.11 Å². The Kier molecular flexibility index (Phi) is 4.11. The van der Waals surface area contributed by atoms with Gasteiger partial charge in [0.1, 0.15) is 0 Å². The molecule has 0 N–H and O–H groups in total. The van der Waals surface area contributed by atoms with E-state index in [2.05, 4.69) is 30.9 Å². The number of aromatic nitrogens is 3. The van der Waals surface area contributed by atoms with E-state index in [0.29, 0.717) is 4.47 Å². The van der Waals surface area contributed by atoms with Gasteiger partial charge in [0.05, 0.1) is 7.11 Å². The molecule has 0 saturated carbocycles. The summed E-state index contributed by atoms with van der Waals surface area (Å²) in [4.78, 5) is 10.9. The van der Waals surface area contributed by atoms with Crippen molar-refractivity contribution in [2.45, 2.75) is 0 Å². The van der Waals surface area contributed by atoms with Crippen LogP contribution in [0, 0.1) is 11.6 Å². The highest BCUT2D eigenvalue weighted by molar-refractivity contribution is 9.10. The van der Waals surface area contributed by atoms with Gasteiger partial charge in [0, 0.05) is 4.47 Å². The van der Waals surface area contributed by atoms with Gasteiger partial charge in [0.2, 0.25) is 11.1 Å². The summed E-state index contributed by atoms with van der Waals surface area (Å²) in [7, 11) is 1.31. The predicted molar refractivity (Wildman–Crippen MR) is 65.5 cm³/mol. The zero-order valence-corrected chi connectivity index (χ0v) is 11.7. The Labute approximate surface area is 119 Å². The molecule has 0 saturated heterocycles. The molecular formula is C10H5BrClF2N3O2.